The molecule has 0 aromatic carbocycles. The molecule has 20 heavy (non-hydrogen) atoms. The highest BCUT2D eigenvalue weighted by Gasteiger charge is 2.84. The Morgan fingerprint density at radius 3 is 2.70 bits per heavy atom. The zero-order valence-electron chi connectivity index (χ0n) is 11.9. The van der Waals surface area contributed by atoms with Gasteiger partial charge in [-0.15, -0.1) is 0 Å². The molecule has 2 aliphatic carbocycles. The number of aliphatic hydroxyl groups excluding tert-OH is 3. The fourth-order valence-electron chi connectivity index (χ4n) is 5.06. The van der Waals surface area contributed by atoms with E-state index in [2.05, 4.69) is 6.92 Å². The first-order valence-electron chi connectivity index (χ1n) is 7.37. The molecule has 4 aliphatic rings. The minimum atomic E-state index is -0.953. The molecule has 2 aliphatic heterocycles. The Morgan fingerprint density at radius 2 is 2.10 bits per heavy atom. The van der Waals surface area contributed by atoms with Crippen LogP contribution in [0.1, 0.15) is 26.7 Å². The number of hydrogen-bond acceptors (Lipinski definition) is 5. The van der Waals surface area contributed by atoms with Gasteiger partial charge in [-0.05, 0) is 19.8 Å². The summed E-state index contributed by atoms with van der Waals surface area (Å²) in [4.78, 5) is 0. The maximum atomic E-state index is 10.7. The lowest BCUT2D eigenvalue weighted by atomic mass is 9.51. The molecule has 3 fully saturated rings. The van der Waals surface area contributed by atoms with Gasteiger partial charge in [0.1, 0.15) is 17.8 Å². The van der Waals surface area contributed by atoms with E-state index in [0.717, 1.165) is 12.8 Å². The second-order valence-corrected chi connectivity index (χ2v) is 7.12. The van der Waals surface area contributed by atoms with E-state index in [1.165, 1.54) is 5.57 Å². The van der Waals surface area contributed by atoms with Crippen molar-refractivity contribution in [2.45, 2.75) is 56.7 Å². The van der Waals surface area contributed by atoms with Gasteiger partial charge in [0.25, 0.3) is 0 Å². The number of rotatable bonds is 1. The Kier molecular flexibility index (Phi) is 2.41. The van der Waals surface area contributed by atoms with Crippen LogP contribution in [0.3, 0.4) is 0 Å². The van der Waals surface area contributed by atoms with Gasteiger partial charge >= 0.3 is 0 Å². The van der Waals surface area contributed by atoms with Gasteiger partial charge in [0.2, 0.25) is 0 Å². The Hall–Kier alpha value is -0.460. The molecule has 1 spiro atoms. The van der Waals surface area contributed by atoms with Crippen LogP contribution in [0, 0.1) is 10.8 Å². The Bertz CT molecular complexity index is 485. The largest absolute Gasteiger partial charge is 0.396 e. The minimum absolute atomic E-state index is 0.0699. The van der Waals surface area contributed by atoms with Crippen molar-refractivity contribution in [1.82, 2.24) is 0 Å². The van der Waals surface area contributed by atoms with Gasteiger partial charge < -0.3 is 24.8 Å². The molecule has 112 valence electrons. The molecule has 5 heteroatoms. The zero-order valence-corrected chi connectivity index (χ0v) is 11.9. The third kappa shape index (κ3) is 1.12. The van der Waals surface area contributed by atoms with Crippen LogP contribution in [-0.4, -0.2) is 58.6 Å². The second kappa shape index (κ2) is 3.65. The molecular weight excluding hydrogens is 260 g/mol. The standard InChI is InChI=1S/C15H22O5/c1-8-3-4-14(6-16)9(5-8)20-12-10(17)11(18)13(14,2)15(12)7-19-15/h5,9-12,16-18H,3-4,6-7H2,1-2H3/t9-,10-,11-,12-,13+,14-,15+/m1/s1. The molecule has 1 saturated carbocycles. The SMILES string of the molecule is CC1=C[C@H]2O[C@@H]3[C@H](O)[C@@H](O)[C@@](C)([C@@]2(CO)CC1)[C@]31CO1. The Labute approximate surface area is 118 Å². The lowest BCUT2D eigenvalue weighted by molar-refractivity contribution is -0.226. The summed E-state index contributed by atoms with van der Waals surface area (Å²) in [6, 6.07) is 0. The molecule has 2 bridgehead atoms. The molecule has 0 aromatic rings. The van der Waals surface area contributed by atoms with Gasteiger partial charge in [0, 0.05) is 10.8 Å². The predicted molar refractivity (Wildman–Crippen MR) is 70.0 cm³/mol. The van der Waals surface area contributed by atoms with E-state index in [1.54, 1.807) is 0 Å². The number of aliphatic hydroxyl groups is 3. The lowest BCUT2D eigenvalue weighted by Gasteiger charge is -2.57. The highest BCUT2D eigenvalue weighted by atomic mass is 16.6. The van der Waals surface area contributed by atoms with Crippen molar-refractivity contribution in [3.8, 4) is 0 Å². The summed E-state index contributed by atoms with van der Waals surface area (Å²) >= 11 is 0. The summed E-state index contributed by atoms with van der Waals surface area (Å²) in [5, 5.41) is 31.2. The van der Waals surface area contributed by atoms with E-state index in [-0.39, 0.29) is 12.7 Å². The Balaban J connectivity index is 1.91. The number of ether oxygens (including phenoxy) is 2. The van der Waals surface area contributed by atoms with Crippen LogP contribution < -0.4 is 0 Å². The van der Waals surface area contributed by atoms with Gasteiger partial charge in [-0.3, -0.25) is 0 Å². The highest BCUT2D eigenvalue weighted by molar-refractivity contribution is 5.34. The smallest absolute Gasteiger partial charge is 0.129 e. The van der Waals surface area contributed by atoms with Crippen molar-refractivity contribution in [2.24, 2.45) is 10.8 Å². The topological polar surface area (TPSA) is 82.5 Å². The second-order valence-electron chi connectivity index (χ2n) is 7.12. The summed E-state index contributed by atoms with van der Waals surface area (Å²) in [7, 11) is 0. The van der Waals surface area contributed by atoms with Gasteiger partial charge in [0.05, 0.1) is 25.4 Å². The van der Waals surface area contributed by atoms with E-state index >= 15 is 0 Å². The predicted octanol–water partition coefficient (Wildman–Crippen LogP) is -0.0167. The molecule has 5 nitrogen and oxygen atoms in total. The van der Waals surface area contributed by atoms with Crippen molar-refractivity contribution >= 4 is 0 Å². The van der Waals surface area contributed by atoms with Crippen LogP contribution in [0.5, 0.6) is 0 Å². The first kappa shape index (κ1) is 13.2. The normalized spacial score (nSPS) is 60.4. The van der Waals surface area contributed by atoms with Gasteiger partial charge in [-0.2, -0.15) is 0 Å². The maximum absolute atomic E-state index is 10.7. The van der Waals surface area contributed by atoms with Crippen molar-refractivity contribution in [2.75, 3.05) is 13.2 Å². The molecule has 7 atom stereocenters. The van der Waals surface area contributed by atoms with Crippen LogP contribution in [-0.2, 0) is 9.47 Å². The summed E-state index contributed by atoms with van der Waals surface area (Å²) < 4.78 is 11.8. The molecule has 0 amide bonds. The molecule has 3 N–H and O–H groups in total. The Morgan fingerprint density at radius 1 is 1.40 bits per heavy atom. The summed E-state index contributed by atoms with van der Waals surface area (Å²) in [6.45, 7) is 4.42. The van der Waals surface area contributed by atoms with Crippen molar-refractivity contribution in [1.29, 1.82) is 0 Å². The lowest BCUT2D eigenvalue weighted by Crippen LogP contribution is -2.66. The van der Waals surface area contributed by atoms with Crippen molar-refractivity contribution in [3.05, 3.63) is 11.6 Å². The van der Waals surface area contributed by atoms with Crippen LogP contribution in [0.15, 0.2) is 11.6 Å². The zero-order chi connectivity index (χ0) is 14.3. The van der Waals surface area contributed by atoms with Crippen molar-refractivity contribution < 1.29 is 24.8 Å². The van der Waals surface area contributed by atoms with Crippen LogP contribution in [0.4, 0.5) is 0 Å². The summed E-state index contributed by atoms with van der Waals surface area (Å²) in [6.07, 6.45) is 1.01. The fraction of sp³-hybridized carbons (Fsp3) is 0.867. The number of hydrogen-bond donors (Lipinski definition) is 3. The van der Waals surface area contributed by atoms with Gasteiger partial charge in [-0.1, -0.05) is 18.6 Å². The molecule has 0 aromatic heterocycles. The molecule has 4 rings (SSSR count). The molecule has 0 unspecified atom stereocenters. The number of epoxide rings is 1. The monoisotopic (exact) mass is 282 g/mol. The molecular formula is C15H22O5. The third-order valence-electron chi connectivity index (χ3n) is 6.57. The van der Waals surface area contributed by atoms with E-state index in [9.17, 15) is 15.3 Å². The van der Waals surface area contributed by atoms with E-state index in [4.69, 9.17) is 9.47 Å². The maximum Gasteiger partial charge on any atom is 0.129 e. The van der Waals surface area contributed by atoms with Gasteiger partial charge in [0.15, 0.2) is 0 Å². The van der Waals surface area contributed by atoms with Crippen LogP contribution in [0.2, 0.25) is 0 Å². The summed E-state index contributed by atoms with van der Waals surface area (Å²) in [5.74, 6) is 0. The molecule has 2 heterocycles. The molecule has 2 saturated heterocycles. The van der Waals surface area contributed by atoms with E-state index < -0.39 is 34.7 Å². The fourth-order valence-corrected chi connectivity index (χ4v) is 5.06. The number of allylic oxidation sites excluding steroid dienone is 1. The minimum Gasteiger partial charge on any atom is -0.396 e. The first-order valence-corrected chi connectivity index (χ1v) is 7.37. The highest BCUT2D eigenvalue weighted by Crippen LogP contribution is 2.71. The third-order valence-corrected chi connectivity index (χ3v) is 6.57. The van der Waals surface area contributed by atoms with Crippen LogP contribution in [0.25, 0.3) is 0 Å². The summed E-state index contributed by atoms with van der Waals surface area (Å²) in [5.41, 5.74) is -0.668. The van der Waals surface area contributed by atoms with Crippen LogP contribution >= 0.6 is 0 Å². The first-order chi connectivity index (χ1) is 9.43. The number of fused-ring (bicyclic) bond motifs is 2. The molecule has 0 radical (unpaired) electrons. The quantitative estimate of drug-likeness (QED) is 0.465. The van der Waals surface area contributed by atoms with Crippen molar-refractivity contribution in [3.63, 3.8) is 0 Å². The van der Waals surface area contributed by atoms with Gasteiger partial charge in [-0.25, -0.2) is 0 Å². The van der Waals surface area contributed by atoms with E-state index in [0.29, 0.717) is 6.61 Å². The average molecular weight is 282 g/mol. The van der Waals surface area contributed by atoms with E-state index in [1.807, 2.05) is 13.0 Å². The average Bonchev–Trinajstić information content (AvgIpc) is 3.21.